The first-order valence-corrected chi connectivity index (χ1v) is 9.00. The van der Waals surface area contributed by atoms with E-state index in [1.807, 2.05) is 35.1 Å². The molecule has 3 aromatic rings. The van der Waals surface area contributed by atoms with Gasteiger partial charge in [-0.25, -0.2) is 21.6 Å². The lowest BCUT2D eigenvalue weighted by atomic mass is 10.2. The highest BCUT2D eigenvalue weighted by Crippen LogP contribution is 2.24. The monoisotopic (exact) mass is 381 g/mol. The highest BCUT2D eigenvalue weighted by atomic mass is 32.2. The van der Waals surface area contributed by atoms with Gasteiger partial charge in [0.25, 0.3) is 10.0 Å². The molecule has 1 N–H and O–H groups in total. The van der Waals surface area contributed by atoms with Gasteiger partial charge in [0.2, 0.25) is 0 Å². The van der Waals surface area contributed by atoms with E-state index in [0.29, 0.717) is 12.6 Å². The van der Waals surface area contributed by atoms with Crippen LogP contribution in [-0.2, 0) is 16.6 Å². The summed E-state index contributed by atoms with van der Waals surface area (Å²) in [5.74, 6) is -4.76. The molecule has 0 amide bonds. The van der Waals surface area contributed by atoms with Crippen LogP contribution in [0.3, 0.4) is 0 Å². The number of sulfonamides is 1. The Balaban J connectivity index is 1.89. The lowest BCUT2D eigenvalue weighted by molar-refractivity contribution is 0.449. The van der Waals surface area contributed by atoms with Crippen molar-refractivity contribution >= 4 is 15.7 Å². The molecule has 0 atom stereocenters. The van der Waals surface area contributed by atoms with Crippen LogP contribution in [0, 0.1) is 24.4 Å². The van der Waals surface area contributed by atoms with Gasteiger partial charge >= 0.3 is 0 Å². The van der Waals surface area contributed by atoms with Gasteiger partial charge in [0.05, 0.1) is 17.9 Å². The Morgan fingerprint density at radius 1 is 1.04 bits per heavy atom. The quantitative estimate of drug-likeness (QED) is 0.689. The first-order valence-electron chi connectivity index (χ1n) is 7.52. The maximum atomic E-state index is 13.7. The van der Waals surface area contributed by atoms with Crippen molar-refractivity contribution in [3.05, 3.63) is 77.4 Å². The number of nitrogens with zero attached hydrogens (tertiary/aromatic N) is 2. The Labute approximate surface area is 148 Å². The zero-order valence-electron chi connectivity index (χ0n) is 13.6. The van der Waals surface area contributed by atoms with Crippen LogP contribution in [0.25, 0.3) is 0 Å². The molecule has 9 heteroatoms. The number of benzene rings is 2. The molecular formula is C17H14F3N3O2S. The maximum Gasteiger partial charge on any atom is 0.265 e. The summed E-state index contributed by atoms with van der Waals surface area (Å²) in [6.07, 6.45) is 1.29. The van der Waals surface area contributed by atoms with Gasteiger partial charge in [-0.05, 0) is 24.6 Å². The summed E-state index contributed by atoms with van der Waals surface area (Å²) < 4.78 is 68.4. The zero-order chi connectivity index (χ0) is 18.9. The molecule has 3 rings (SSSR count). The Morgan fingerprint density at radius 3 is 2.42 bits per heavy atom. The van der Waals surface area contributed by atoms with E-state index >= 15 is 0 Å². The van der Waals surface area contributed by atoms with E-state index < -0.39 is 33.2 Å². The number of aryl methyl sites for hydroxylation is 1. The number of halogens is 3. The van der Waals surface area contributed by atoms with Crippen LogP contribution in [0.2, 0.25) is 0 Å². The summed E-state index contributed by atoms with van der Waals surface area (Å²) in [6.45, 7) is 1.83. The molecule has 0 fully saturated rings. The van der Waals surface area contributed by atoms with E-state index in [1.54, 1.807) is 0 Å². The van der Waals surface area contributed by atoms with Gasteiger partial charge < -0.3 is 0 Å². The Kier molecular flexibility index (Phi) is 4.73. The molecule has 0 aliphatic rings. The minimum Gasteiger partial charge on any atom is -0.276 e. The lowest BCUT2D eigenvalue weighted by Gasteiger charge is -2.08. The van der Waals surface area contributed by atoms with Crippen molar-refractivity contribution in [1.29, 1.82) is 0 Å². The van der Waals surface area contributed by atoms with Crippen molar-refractivity contribution < 1.29 is 21.6 Å². The average molecular weight is 381 g/mol. The zero-order valence-corrected chi connectivity index (χ0v) is 14.4. The van der Waals surface area contributed by atoms with Crippen molar-refractivity contribution in [3.8, 4) is 0 Å². The number of aromatic nitrogens is 2. The third kappa shape index (κ3) is 3.57. The van der Waals surface area contributed by atoms with E-state index in [2.05, 4.69) is 5.10 Å². The molecule has 0 spiro atoms. The molecule has 5 nitrogen and oxygen atoms in total. The highest BCUT2D eigenvalue weighted by molar-refractivity contribution is 7.92. The Hall–Kier alpha value is -2.81. The molecule has 0 unspecified atom stereocenters. The molecule has 0 aliphatic carbocycles. The molecule has 0 saturated carbocycles. The fraction of sp³-hybridized carbons (Fsp3) is 0.118. The van der Waals surface area contributed by atoms with Gasteiger partial charge in [-0.1, -0.05) is 30.3 Å². The first kappa shape index (κ1) is 18.0. The van der Waals surface area contributed by atoms with Crippen molar-refractivity contribution in [2.75, 3.05) is 4.72 Å². The number of anilines is 1. The summed E-state index contributed by atoms with van der Waals surface area (Å²) in [6, 6.07) is 10.7. The van der Waals surface area contributed by atoms with Gasteiger partial charge in [-0.2, -0.15) is 5.10 Å². The first-order chi connectivity index (χ1) is 12.3. The SMILES string of the molecule is Cc1nn(Cc2ccccc2)cc1S(=O)(=O)Nc1ccc(F)c(F)c1F. The van der Waals surface area contributed by atoms with E-state index in [-0.39, 0.29) is 10.6 Å². The fourth-order valence-electron chi connectivity index (χ4n) is 2.42. The second-order valence-corrected chi connectivity index (χ2v) is 7.24. The third-order valence-electron chi connectivity index (χ3n) is 3.66. The van der Waals surface area contributed by atoms with Crippen LogP contribution in [0.4, 0.5) is 18.9 Å². The number of hydrogen-bond donors (Lipinski definition) is 1. The largest absolute Gasteiger partial charge is 0.276 e. The fourth-order valence-corrected chi connectivity index (χ4v) is 3.67. The minimum atomic E-state index is -4.23. The van der Waals surface area contributed by atoms with Gasteiger partial charge in [0.1, 0.15) is 4.90 Å². The molecule has 26 heavy (non-hydrogen) atoms. The van der Waals surface area contributed by atoms with E-state index in [9.17, 15) is 21.6 Å². The third-order valence-corrected chi connectivity index (χ3v) is 5.13. The highest BCUT2D eigenvalue weighted by Gasteiger charge is 2.23. The molecular weight excluding hydrogens is 367 g/mol. The van der Waals surface area contributed by atoms with Gasteiger partial charge in [0, 0.05) is 6.20 Å². The predicted molar refractivity (Wildman–Crippen MR) is 89.6 cm³/mol. The van der Waals surface area contributed by atoms with Gasteiger partial charge in [0.15, 0.2) is 17.5 Å². The standard InChI is InChI=1S/C17H14F3N3O2S/c1-11-15(10-23(21-11)9-12-5-3-2-4-6-12)26(24,25)22-14-8-7-13(18)16(19)17(14)20/h2-8,10,22H,9H2,1H3. The van der Waals surface area contributed by atoms with Crippen molar-refractivity contribution in [2.24, 2.45) is 0 Å². The van der Waals surface area contributed by atoms with Crippen LogP contribution in [0.1, 0.15) is 11.3 Å². The van der Waals surface area contributed by atoms with E-state index in [4.69, 9.17) is 0 Å². The maximum absolute atomic E-state index is 13.7. The number of rotatable bonds is 5. The van der Waals surface area contributed by atoms with E-state index in [0.717, 1.165) is 11.6 Å². The summed E-state index contributed by atoms with van der Waals surface area (Å²) in [7, 11) is -4.23. The summed E-state index contributed by atoms with van der Waals surface area (Å²) >= 11 is 0. The molecule has 0 radical (unpaired) electrons. The van der Waals surface area contributed by atoms with Crippen LogP contribution in [0.15, 0.2) is 53.6 Å². The van der Waals surface area contributed by atoms with Crippen molar-refractivity contribution in [2.45, 2.75) is 18.4 Å². The average Bonchev–Trinajstić information content (AvgIpc) is 2.97. The van der Waals surface area contributed by atoms with Crippen molar-refractivity contribution in [3.63, 3.8) is 0 Å². The molecule has 0 saturated heterocycles. The van der Waals surface area contributed by atoms with Gasteiger partial charge in [-0.15, -0.1) is 0 Å². The predicted octanol–water partition coefficient (Wildman–Crippen LogP) is 3.46. The summed E-state index contributed by atoms with van der Waals surface area (Å²) in [5, 5.41) is 4.14. The number of nitrogens with one attached hydrogen (secondary N) is 1. The van der Waals surface area contributed by atoms with Crippen molar-refractivity contribution in [1.82, 2.24) is 9.78 Å². The molecule has 0 bridgehead atoms. The van der Waals surface area contributed by atoms with Crippen LogP contribution < -0.4 is 4.72 Å². The number of hydrogen-bond acceptors (Lipinski definition) is 3. The molecule has 1 aromatic heterocycles. The second kappa shape index (κ2) is 6.83. The van der Waals surface area contributed by atoms with E-state index in [1.165, 1.54) is 17.8 Å². The Morgan fingerprint density at radius 2 is 1.73 bits per heavy atom. The molecule has 1 heterocycles. The van der Waals surface area contributed by atoms with Crippen LogP contribution in [-0.4, -0.2) is 18.2 Å². The minimum absolute atomic E-state index is 0.183. The molecule has 0 aliphatic heterocycles. The van der Waals surface area contributed by atoms with Crippen LogP contribution >= 0.6 is 0 Å². The summed E-state index contributed by atoms with van der Waals surface area (Å²) in [5.41, 5.74) is 0.425. The van der Waals surface area contributed by atoms with Gasteiger partial charge in [-0.3, -0.25) is 9.40 Å². The summed E-state index contributed by atoms with van der Waals surface area (Å²) in [4.78, 5) is -0.183. The van der Waals surface area contributed by atoms with Crippen LogP contribution in [0.5, 0.6) is 0 Å². The normalized spacial score (nSPS) is 11.5. The topological polar surface area (TPSA) is 64.0 Å². The Bertz CT molecular complexity index is 1050. The smallest absolute Gasteiger partial charge is 0.265 e. The molecule has 2 aromatic carbocycles. The lowest BCUT2D eigenvalue weighted by Crippen LogP contribution is -2.15. The molecule has 136 valence electrons. The second-order valence-electron chi connectivity index (χ2n) is 5.59.